The third-order valence-corrected chi connectivity index (χ3v) is 12.7. The number of carbonyl (C=O) groups is 3. The molecule has 1 aliphatic heterocycles. The first-order chi connectivity index (χ1) is 31.7. The lowest BCUT2D eigenvalue weighted by atomic mass is 10.0. The van der Waals surface area contributed by atoms with E-state index in [4.69, 9.17) is 14.2 Å². The van der Waals surface area contributed by atoms with Crippen LogP contribution in [0.25, 0.3) is 0 Å². The summed E-state index contributed by atoms with van der Waals surface area (Å²) in [4.78, 5) is 51.2. The number of anilines is 1. The van der Waals surface area contributed by atoms with E-state index < -0.39 is 17.3 Å². The lowest BCUT2D eigenvalue weighted by molar-refractivity contribution is -0.140. The highest BCUT2D eigenvalue weighted by Gasteiger charge is 2.35. The highest BCUT2D eigenvalue weighted by atomic mass is 79.9. The number of unbranched alkanes of at least 4 members (excludes halogenated alkanes) is 5. The van der Waals surface area contributed by atoms with E-state index in [0.717, 1.165) is 90.0 Å². The first-order valence-electron chi connectivity index (χ1n) is 22.9. The van der Waals surface area contributed by atoms with Gasteiger partial charge in [-0.25, -0.2) is 0 Å². The summed E-state index contributed by atoms with van der Waals surface area (Å²) < 4.78 is 59.9. The van der Waals surface area contributed by atoms with Crippen LogP contribution in [0.15, 0.2) is 71.5 Å². The van der Waals surface area contributed by atoms with E-state index in [2.05, 4.69) is 25.9 Å². The fourth-order valence-corrected chi connectivity index (χ4v) is 8.27. The third kappa shape index (κ3) is 15.9. The molecule has 1 atom stereocenters. The van der Waals surface area contributed by atoms with Crippen LogP contribution < -0.4 is 14.4 Å². The summed E-state index contributed by atoms with van der Waals surface area (Å²) in [6.45, 7) is 6.65. The molecule has 1 amide bonds. The van der Waals surface area contributed by atoms with Crippen LogP contribution in [0.1, 0.15) is 103 Å². The van der Waals surface area contributed by atoms with Gasteiger partial charge in [-0.05, 0) is 105 Å². The number of hydrogen-bond acceptors (Lipinski definition) is 10. The number of ether oxygens (including phenoxy) is 3. The average molecular weight is 975 g/mol. The Balaban J connectivity index is 0.824. The minimum absolute atomic E-state index is 0.00576. The van der Waals surface area contributed by atoms with Crippen LogP contribution >= 0.6 is 15.9 Å². The Labute approximate surface area is 394 Å². The number of benzene rings is 3. The average Bonchev–Trinajstić information content (AvgIpc) is 4.13. The van der Waals surface area contributed by atoms with Crippen molar-refractivity contribution in [3.05, 3.63) is 111 Å². The fraction of sp³-hybridized carbons (Fsp3) is 0.490. The van der Waals surface area contributed by atoms with E-state index in [1.165, 1.54) is 12.1 Å². The van der Waals surface area contributed by atoms with Crippen molar-refractivity contribution in [2.75, 3.05) is 50.9 Å². The summed E-state index contributed by atoms with van der Waals surface area (Å²) in [6, 6.07) is 16.8. The van der Waals surface area contributed by atoms with Crippen LogP contribution in [0.4, 0.5) is 18.9 Å². The van der Waals surface area contributed by atoms with Gasteiger partial charge in [0.1, 0.15) is 30.0 Å². The van der Waals surface area contributed by atoms with Gasteiger partial charge in [0.2, 0.25) is 5.91 Å². The van der Waals surface area contributed by atoms with Gasteiger partial charge >= 0.3 is 6.18 Å². The topological polar surface area (TPSA) is 135 Å². The smallest absolute Gasteiger partial charge is 0.417 e. The molecule has 0 N–H and O–H groups in total. The fourth-order valence-electron chi connectivity index (χ4n) is 7.88. The van der Waals surface area contributed by atoms with Crippen molar-refractivity contribution in [3.8, 4) is 17.6 Å². The zero-order chi connectivity index (χ0) is 47.1. The number of halogens is 4. The zero-order valence-corrected chi connectivity index (χ0v) is 39.4. The van der Waals surface area contributed by atoms with E-state index in [-0.39, 0.29) is 56.0 Å². The largest absolute Gasteiger partial charge is 0.494 e. The van der Waals surface area contributed by atoms with E-state index >= 15 is 0 Å². The molecular weight excluding hydrogens is 915 g/mol. The molecule has 2 heterocycles. The number of hydrogen-bond donors (Lipinski definition) is 0. The van der Waals surface area contributed by atoms with E-state index in [9.17, 15) is 32.8 Å². The number of aromatic nitrogens is 2. The molecule has 0 spiro atoms. The molecule has 2 aliphatic rings. The van der Waals surface area contributed by atoms with Crippen molar-refractivity contribution < 1.29 is 41.8 Å². The Kier molecular flexibility index (Phi) is 18.5. The normalized spacial score (nSPS) is 15.0. The van der Waals surface area contributed by atoms with Crippen molar-refractivity contribution in [1.82, 2.24) is 14.9 Å². The number of nitriles is 1. The van der Waals surface area contributed by atoms with Crippen molar-refractivity contribution in [2.24, 2.45) is 5.92 Å². The monoisotopic (exact) mass is 973 g/mol. The van der Waals surface area contributed by atoms with Crippen LogP contribution in [0.2, 0.25) is 0 Å². The maximum atomic E-state index is 13.6. The van der Waals surface area contributed by atoms with Crippen LogP contribution in [-0.4, -0.2) is 84.4 Å². The molecule has 15 heteroatoms. The zero-order valence-electron chi connectivity index (χ0n) is 37.8. The van der Waals surface area contributed by atoms with Gasteiger partial charge in [0.05, 0.1) is 61.3 Å². The molecule has 3 aromatic carbocycles. The van der Waals surface area contributed by atoms with Crippen molar-refractivity contribution in [2.45, 2.75) is 110 Å². The summed E-state index contributed by atoms with van der Waals surface area (Å²) in [5, 5.41) is 9.18. The van der Waals surface area contributed by atoms with Gasteiger partial charge < -0.3 is 24.0 Å². The maximum absolute atomic E-state index is 13.6. The van der Waals surface area contributed by atoms with Gasteiger partial charge in [-0.3, -0.25) is 24.4 Å². The Morgan fingerprint density at radius 2 is 1.67 bits per heavy atom. The molecule has 1 aromatic heterocycles. The van der Waals surface area contributed by atoms with Gasteiger partial charge in [0.25, 0.3) is 0 Å². The second kappa shape index (κ2) is 24.4. The number of Topliss-reactive ketones (excluding diaryl/α,β-unsaturated/α-hetero) is 2. The molecular formula is C51H59BrF3N5O6. The quantitative estimate of drug-likeness (QED) is 0.0591. The summed E-state index contributed by atoms with van der Waals surface area (Å²) in [5.74, 6) is 1.80. The molecule has 6 rings (SSSR count). The molecule has 1 saturated heterocycles. The van der Waals surface area contributed by atoms with Crippen molar-refractivity contribution in [1.29, 1.82) is 5.26 Å². The lowest BCUT2D eigenvalue weighted by Gasteiger charge is -2.33. The van der Waals surface area contributed by atoms with Crippen LogP contribution in [0.5, 0.6) is 11.5 Å². The molecule has 0 bridgehead atoms. The Bertz CT molecular complexity index is 2300. The standard InChI is InChI=1S/C51H59BrF3N5O6/c1-35-23-49(40(25-48(35)52)24-44(62)26-41-30-57-36(2)29-58-41)66-34-46-33-59(20-22-65-46)50(63)9-7-5-3-4-6-8-21-64-45-18-13-37(14-19-45)12-17-43(61)32-60(31-38-10-11-38)42-16-15-39(28-56)47(27-42)51(53,54)55/h13-16,18-19,23,25,27,29-30,38,46H,3-12,17,20-22,24,26,31-34H2,1-2H3/t46-/m0/s1. The van der Waals surface area contributed by atoms with Crippen molar-refractivity contribution in [3.63, 3.8) is 0 Å². The van der Waals surface area contributed by atoms with E-state index in [0.29, 0.717) is 68.7 Å². The van der Waals surface area contributed by atoms with Gasteiger partial charge in [-0.15, -0.1) is 0 Å². The maximum Gasteiger partial charge on any atom is 0.417 e. The van der Waals surface area contributed by atoms with Crippen LogP contribution in [-0.2, 0) is 44.6 Å². The second-order valence-electron chi connectivity index (χ2n) is 17.5. The first-order valence-corrected chi connectivity index (χ1v) is 23.7. The van der Waals surface area contributed by atoms with Gasteiger partial charge in [-0.2, -0.15) is 18.4 Å². The van der Waals surface area contributed by atoms with Crippen LogP contribution in [0.3, 0.4) is 0 Å². The van der Waals surface area contributed by atoms with E-state index in [1.54, 1.807) is 23.4 Å². The van der Waals surface area contributed by atoms with Crippen LogP contribution in [0, 0.1) is 31.1 Å². The lowest BCUT2D eigenvalue weighted by Crippen LogP contribution is -2.47. The Hall–Kier alpha value is -5.33. The number of carbonyl (C=O) groups excluding carboxylic acids is 3. The molecule has 11 nitrogen and oxygen atoms in total. The van der Waals surface area contributed by atoms with E-state index in [1.807, 2.05) is 55.1 Å². The van der Waals surface area contributed by atoms with Gasteiger partial charge in [0, 0.05) is 60.5 Å². The molecule has 4 aromatic rings. The summed E-state index contributed by atoms with van der Waals surface area (Å²) >= 11 is 3.58. The predicted molar refractivity (Wildman–Crippen MR) is 249 cm³/mol. The molecule has 0 radical (unpaired) electrons. The number of morpholine rings is 1. The summed E-state index contributed by atoms with van der Waals surface area (Å²) in [7, 11) is 0. The number of rotatable bonds is 25. The minimum atomic E-state index is -4.66. The highest BCUT2D eigenvalue weighted by Crippen LogP contribution is 2.37. The van der Waals surface area contributed by atoms with Gasteiger partial charge in [-0.1, -0.05) is 53.7 Å². The molecule has 66 heavy (non-hydrogen) atoms. The highest BCUT2D eigenvalue weighted by molar-refractivity contribution is 9.10. The summed E-state index contributed by atoms with van der Waals surface area (Å²) in [5.41, 5.74) is 3.05. The number of nitrogens with zero attached hydrogens (tertiary/aromatic N) is 5. The molecule has 0 unspecified atom stereocenters. The number of alkyl halides is 3. The molecule has 352 valence electrons. The third-order valence-electron chi connectivity index (χ3n) is 11.9. The Morgan fingerprint density at radius 1 is 0.909 bits per heavy atom. The number of aryl methyl sites for hydroxylation is 3. The second-order valence-corrected chi connectivity index (χ2v) is 18.3. The van der Waals surface area contributed by atoms with Crippen molar-refractivity contribution >= 4 is 39.1 Å². The number of ketones is 2. The first kappa shape index (κ1) is 50.1. The molecule has 1 saturated carbocycles. The summed E-state index contributed by atoms with van der Waals surface area (Å²) in [6.07, 6.45) is 7.78. The van der Waals surface area contributed by atoms with Gasteiger partial charge in [0.15, 0.2) is 5.78 Å². The SMILES string of the molecule is Cc1cnc(CC(=O)Cc2cc(Br)c(C)cc2OC[C@@H]2CN(C(=O)CCCCCCCCOc3ccc(CCC(=O)CN(CC4CC4)c4ccc(C#N)c(C(F)(F)F)c4)cc3)CCO2)cn1. The molecule has 2 fully saturated rings. The number of amides is 1. The predicted octanol–water partition coefficient (Wildman–Crippen LogP) is 9.93. The molecule has 1 aliphatic carbocycles. The Morgan fingerprint density at radius 3 is 2.38 bits per heavy atom. The minimum Gasteiger partial charge on any atom is -0.494 e.